The van der Waals surface area contributed by atoms with Crippen LogP contribution < -0.4 is 5.32 Å². The highest BCUT2D eigenvalue weighted by molar-refractivity contribution is 5.90. The Morgan fingerprint density at radius 2 is 2.00 bits per heavy atom. The van der Waals surface area contributed by atoms with Gasteiger partial charge in [0.2, 0.25) is 0 Å². The highest BCUT2D eigenvalue weighted by Crippen LogP contribution is 2.23. The highest BCUT2D eigenvalue weighted by atomic mass is 19.1. The Morgan fingerprint density at radius 1 is 1.29 bits per heavy atom. The number of rotatable bonds is 4. The summed E-state index contributed by atoms with van der Waals surface area (Å²) in [5, 5.41) is 6.85. The van der Waals surface area contributed by atoms with Crippen LogP contribution in [0, 0.1) is 25.6 Å². The maximum absolute atomic E-state index is 13.2. The van der Waals surface area contributed by atoms with E-state index in [4.69, 9.17) is 4.52 Å². The third kappa shape index (κ3) is 4.70. The fourth-order valence-corrected chi connectivity index (χ4v) is 3.75. The number of urea groups is 1. The van der Waals surface area contributed by atoms with Crippen molar-refractivity contribution in [3.63, 3.8) is 0 Å². The van der Waals surface area contributed by atoms with Crippen molar-refractivity contribution in [1.29, 1.82) is 0 Å². The minimum Gasteiger partial charge on any atom is -0.359 e. The second-order valence-corrected chi connectivity index (χ2v) is 7.84. The van der Waals surface area contributed by atoms with Crippen LogP contribution in [0.2, 0.25) is 0 Å². The van der Waals surface area contributed by atoms with Crippen molar-refractivity contribution in [2.75, 3.05) is 25.0 Å². The van der Waals surface area contributed by atoms with Crippen molar-refractivity contribution >= 4 is 11.7 Å². The molecule has 0 radical (unpaired) electrons. The summed E-state index contributed by atoms with van der Waals surface area (Å²) in [4.78, 5) is 17.2. The van der Waals surface area contributed by atoms with Gasteiger partial charge < -0.3 is 14.7 Å². The summed E-state index contributed by atoms with van der Waals surface area (Å²) in [5.74, 6) is 0.772. The number of carbonyl (C=O) groups is 1. The van der Waals surface area contributed by atoms with E-state index >= 15 is 0 Å². The molecule has 28 heavy (non-hydrogen) atoms. The molecule has 1 N–H and O–H groups in total. The molecule has 2 heterocycles. The summed E-state index contributed by atoms with van der Waals surface area (Å²) in [6.45, 7) is 11.0. The Morgan fingerprint density at radius 3 is 2.61 bits per heavy atom. The molecule has 6 nitrogen and oxygen atoms in total. The van der Waals surface area contributed by atoms with Crippen molar-refractivity contribution < 1.29 is 13.7 Å². The molecule has 1 aromatic carbocycles. The van der Waals surface area contributed by atoms with E-state index in [1.165, 1.54) is 12.1 Å². The molecule has 0 aliphatic carbocycles. The molecule has 0 saturated carbocycles. The van der Waals surface area contributed by atoms with E-state index in [0.717, 1.165) is 25.1 Å². The Hall–Kier alpha value is -2.41. The largest absolute Gasteiger partial charge is 0.359 e. The van der Waals surface area contributed by atoms with E-state index in [2.05, 4.69) is 29.2 Å². The number of aryl methyl sites for hydroxylation is 2. The van der Waals surface area contributed by atoms with Crippen molar-refractivity contribution in [1.82, 2.24) is 15.0 Å². The number of halogens is 1. The minimum absolute atomic E-state index is 0.122. The molecule has 1 aliphatic rings. The van der Waals surface area contributed by atoms with Crippen molar-refractivity contribution in [3.8, 4) is 0 Å². The second-order valence-electron chi connectivity index (χ2n) is 7.84. The van der Waals surface area contributed by atoms with Crippen LogP contribution in [0.3, 0.4) is 0 Å². The van der Waals surface area contributed by atoms with Gasteiger partial charge in [0.25, 0.3) is 0 Å². The number of amides is 2. The molecule has 1 atom stereocenters. The summed E-state index contributed by atoms with van der Waals surface area (Å²) >= 11 is 0. The van der Waals surface area contributed by atoms with E-state index in [-0.39, 0.29) is 17.9 Å². The van der Waals surface area contributed by atoms with Gasteiger partial charge in [0.1, 0.15) is 17.2 Å². The third-order valence-electron chi connectivity index (χ3n) is 5.37. The summed E-state index contributed by atoms with van der Waals surface area (Å²) in [7, 11) is 0. The first-order chi connectivity index (χ1) is 13.3. The number of hydrogen-bond donors (Lipinski definition) is 1. The molecular formula is C21H29FN4O2. The van der Waals surface area contributed by atoms with Crippen molar-refractivity contribution in [2.45, 2.75) is 46.7 Å². The molecule has 0 bridgehead atoms. The number of nitrogens with zero attached hydrogens (tertiary/aromatic N) is 3. The van der Waals surface area contributed by atoms with Crippen molar-refractivity contribution in [2.24, 2.45) is 5.92 Å². The SMILES string of the molecule is Cc1noc(C)c1NC(=O)N1CCCN(Cc2ccc(F)cc2)[C@H](C(C)C)C1. The molecule has 2 amide bonds. The number of aromatic nitrogens is 1. The topological polar surface area (TPSA) is 61.6 Å². The van der Waals surface area contributed by atoms with Crippen LogP contribution in [0.4, 0.5) is 14.9 Å². The quantitative estimate of drug-likeness (QED) is 0.853. The molecule has 1 aromatic heterocycles. The molecule has 2 aromatic rings. The Kier molecular flexibility index (Phi) is 6.34. The van der Waals surface area contributed by atoms with Gasteiger partial charge in [0.05, 0.1) is 0 Å². The molecule has 1 aliphatic heterocycles. The van der Waals surface area contributed by atoms with Gasteiger partial charge in [0, 0.05) is 32.2 Å². The molecule has 3 rings (SSSR count). The minimum atomic E-state index is -0.220. The molecule has 0 spiro atoms. The molecule has 1 fully saturated rings. The summed E-state index contributed by atoms with van der Waals surface area (Å²) < 4.78 is 18.4. The number of benzene rings is 1. The van der Waals surface area contributed by atoms with Crippen LogP contribution in [-0.2, 0) is 6.54 Å². The standard InChI is InChI=1S/C21H29FN4O2/c1-14(2)19-13-26(21(27)23-20-15(3)24-28-16(20)4)11-5-10-25(19)12-17-6-8-18(22)9-7-17/h6-9,14,19H,5,10-13H2,1-4H3,(H,23,27)/t19-/m0/s1. The number of carbonyl (C=O) groups excluding carboxylic acids is 1. The fourth-order valence-electron chi connectivity index (χ4n) is 3.75. The molecule has 0 unspecified atom stereocenters. The average molecular weight is 388 g/mol. The van der Waals surface area contributed by atoms with Crippen LogP contribution in [0.5, 0.6) is 0 Å². The first-order valence-corrected chi connectivity index (χ1v) is 9.82. The first kappa shape index (κ1) is 20.3. The van der Waals surface area contributed by atoms with Gasteiger partial charge in [-0.2, -0.15) is 0 Å². The fraction of sp³-hybridized carbons (Fsp3) is 0.524. The maximum atomic E-state index is 13.2. The Labute approximate surface area is 165 Å². The third-order valence-corrected chi connectivity index (χ3v) is 5.37. The molecule has 7 heteroatoms. The number of nitrogens with one attached hydrogen (secondary N) is 1. The van der Waals surface area contributed by atoms with Crippen LogP contribution in [0.15, 0.2) is 28.8 Å². The number of anilines is 1. The Bertz CT molecular complexity index is 784. The van der Waals surface area contributed by atoms with E-state index in [1.807, 2.05) is 24.0 Å². The van der Waals surface area contributed by atoms with E-state index in [1.54, 1.807) is 6.92 Å². The lowest BCUT2D eigenvalue weighted by molar-refractivity contribution is 0.138. The molecular weight excluding hydrogens is 359 g/mol. The van der Waals surface area contributed by atoms with Gasteiger partial charge >= 0.3 is 6.03 Å². The van der Waals surface area contributed by atoms with Crippen LogP contribution >= 0.6 is 0 Å². The lowest BCUT2D eigenvalue weighted by Crippen LogP contribution is -2.46. The zero-order valence-corrected chi connectivity index (χ0v) is 17.0. The van der Waals surface area contributed by atoms with Crippen LogP contribution in [0.1, 0.15) is 37.3 Å². The predicted molar refractivity (Wildman–Crippen MR) is 107 cm³/mol. The maximum Gasteiger partial charge on any atom is 0.322 e. The van der Waals surface area contributed by atoms with Crippen molar-refractivity contribution in [3.05, 3.63) is 47.1 Å². The molecule has 1 saturated heterocycles. The summed E-state index contributed by atoms with van der Waals surface area (Å²) in [5.41, 5.74) is 2.42. The summed E-state index contributed by atoms with van der Waals surface area (Å²) in [6.07, 6.45) is 0.888. The van der Waals surface area contributed by atoms with Gasteiger partial charge in [-0.15, -0.1) is 0 Å². The van der Waals surface area contributed by atoms with Gasteiger partial charge in [-0.1, -0.05) is 31.1 Å². The van der Waals surface area contributed by atoms with Crippen LogP contribution in [-0.4, -0.2) is 46.7 Å². The average Bonchev–Trinajstić information content (AvgIpc) is 2.85. The lowest BCUT2D eigenvalue weighted by atomic mass is 10.0. The molecule has 152 valence electrons. The second kappa shape index (κ2) is 8.73. The van der Waals surface area contributed by atoms with Gasteiger partial charge in [0.15, 0.2) is 5.76 Å². The predicted octanol–water partition coefficient (Wildman–Crippen LogP) is 4.19. The monoisotopic (exact) mass is 388 g/mol. The zero-order valence-electron chi connectivity index (χ0n) is 17.0. The van der Waals surface area contributed by atoms with E-state index in [0.29, 0.717) is 36.1 Å². The highest BCUT2D eigenvalue weighted by Gasteiger charge is 2.30. The zero-order chi connectivity index (χ0) is 20.3. The normalized spacial score (nSPS) is 18.4. The smallest absolute Gasteiger partial charge is 0.322 e. The van der Waals surface area contributed by atoms with Gasteiger partial charge in [-0.3, -0.25) is 4.90 Å². The van der Waals surface area contributed by atoms with Gasteiger partial charge in [-0.05, 0) is 43.9 Å². The van der Waals surface area contributed by atoms with E-state index < -0.39 is 0 Å². The van der Waals surface area contributed by atoms with Crippen LogP contribution in [0.25, 0.3) is 0 Å². The van der Waals surface area contributed by atoms with E-state index in [9.17, 15) is 9.18 Å². The lowest BCUT2D eigenvalue weighted by Gasteiger charge is -2.34. The first-order valence-electron chi connectivity index (χ1n) is 9.82. The Balaban J connectivity index is 1.71. The summed E-state index contributed by atoms with van der Waals surface area (Å²) in [6, 6.07) is 6.77. The van der Waals surface area contributed by atoms with Gasteiger partial charge in [-0.25, -0.2) is 9.18 Å². The number of hydrogen-bond acceptors (Lipinski definition) is 4.